The van der Waals surface area contributed by atoms with Crippen LogP contribution in [0.1, 0.15) is 35.4 Å². The molecular formula is C40H57Cl2N7O10S2. The van der Waals surface area contributed by atoms with Gasteiger partial charge >= 0.3 is 12.1 Å². The van der Waals surface area contributed by atoms with Gasteiger partial charge in [-0.25, -0.2) is 35.9 Å². The lowest BCUT2D eigenvalue weighted by Gasteiger charge is -2.33. The van der Waals surface area contributed by atoms with E-state index in [0.717, 1.165) is 16.7 Å². The number of rotatable bonds is 28. The zero-order valence-corrected chi connectivity index (χ0v) is 37.4. The minimum Gasteiger partial charge on any atom is -0.378 e. The molecule has 0 fully saturated rings. The van der Waals surface area contributed by atoms with E-state index in [1.807, 2.05) is 19.2 Å². The fourth-order valence-electron chi connectivity index (χ4n) is 6.19. The number of fused-ring (bicyclic) bond motifs is 1. The highest BCUT2D eigenvalue weighted by atomic mass is 35.5. The normalized spacial score (nSPS) is 14.3. The summed E-state index contributed by atoms with van der Waals surface area (Å²) in [4.78, 5) is 26.4. The fourth-order valence-corrected chi connectivity index (χ4v) is 8.86. The topological polar surface area (TPSA) is 215 Å². The number of hydrogen-bond acceptors (Lipinski definition) is 11. The van der Waals surface area contributed by atoms with E-state index in [0.29, 0.717) is 75.4 Å². The minimum atomic E-state index is -3.78. The number of ether oxygens (including phenoxy) is 4. The van der Waals surface area contributed by atoms with E-state index in [2.05, 4.69) is 35.6 Å². The van der Waals surface area contributed by atoms with Gasteiger partial charge in [-0.05, 0) is 73.0 Å². The summed E-state index contributed by atoms with van der Waals surface area (Å²) in [5.74, 6) is -0.0895. The summed E-state index contributed by atoms with van der Waals surface area (Å²) < 4.78 is 77.3. The molecule has 0 saturated carbocycles. The van der Waals surface area contributed by atoms with E-state index in [1.54, 1.807) is 42.5 Å². The molecule has 1 heterocycles. The second kappa shape index (κ2) is 26.8. The molecule has 4 amide bonds. The molecule has 0 aromatic heterocycles. The molecule has 3 aromatic rings. The molecule has 17 nitrogen and oxygen atoms in total. The molecule has 1 aliphatic rings. The molecule has 0 spiro atoms. The number of carbonyl (C=O) groups is 2. The van der Waals surface area contributed by atoms with Crippen molar-refractivity contribution in [2.24, 2.45) is 0 Å². The van der Waals surface area contributed by atoms with Gasteiger partial charge in [-0.3, -0.25) is 0 Å². The summed E-state index contributed by atoms with van der Waals surface area (Å²) in [5, 5.41) is 12.0. The Hall–Kier alpha value is -3.60. The van der Waals surface area contributed by atoms with Crippen LogP contribution in [0.4, 0.5) is 9.59 Å². The number of unbranched alkanes of at least 4 members (excludes halogenated alkanes) is 1. The molecule has 3 aromatic carbocycles. The van der Waals surface area contributed by atoms with Gasteiger partial charge in [-0.1, -0.05) is 53.5 Å². The van der Waals surface area contributed by atoms with E-state index >= 15 is 0 Å². The Bertz CT molecular complexity index is 2040. The second-order valence-corrected chi connectivity index (χ2v) is 18.3. The molecule has 4 rings (SSSR count). The molecule has 1 atom stereocenters. The van der Waals surface area contributed by atoms with Crippen molar-refractivity contribution in [1.29, 1.82) is 0 Å². The van der Waals surface area contributed by atoms with E-state index in [1.165, 1.54) is 12.1 Å². The highest BCUT2D eigenvalue weighted by Crippen LogP contribution is 2.38. The average molecular weight is 931 g/mol. The van der Waals surface area contributed by atoms with E-state index in [9.17, 15) is 26.4 Å². The van der Waals surface area contributed by atoms with Crippen molar-refractivity contribution in [3.05, 3.63) is 93.5 Å². The Kier molecular flexibility index (Phi) is 22.0. The summed E-state index contributed by atoms with van der Waals surface area (Å²) in [6.07, 6.45) is 1.33. The predicted molar refractivity (Wildman–Crippen MR) is 233 cm³/mol. The van der Waals surface area contributed by atoms with Crippen LogP contribution in [0, 0.1) is 0 Å². The maximum atomic E-state index is 13.1. The Morgan fingerprint density at radius 3 is 1.67 bits per heavy atom. The Labute approximate surface area is 369 Å². The average Bonchev–Trinajstić information content (AvgIpc) is 3.23. The molecule has 0 aliphatic carbocycles. The highest BCUT2D eigenvalue weighted by molar-refractivity contribution is 7.89. The van der Waals surface area contributed by atoms with Gasteiger partial charge in [0.25, 0.3) is 0 Å². The number of carbonyl (C=O) groups excluding carboxylic acids is 2. The number of nitrogens with zero attached hydrogens (tertiary/aromatic N) is 1. The Morgan fingerprint density at radius 2 is 1.11 bits per heavy atom. The lowest BCUT2D eigenvalue weighted by atomic mass is 9.85. The molecular weight excluding hydrogens is 874 g/mol. The van der Waals surface area contributed by atoms with E-state index < -0.39 is 20.0 Å². The third-order valence-corrected chi connectivity index (χ3v) is 12.7. The molecule has 21 heteroatoms. The number of benzene rings is 3. The van der Waals surface area contributed by atoms with Crippen LogP contribution >= 0.6 is 23.2 Å². The third kappa shape index (κ3) is 18.3. The molecule has 1 aliphatic heterocycles. The van der Waals surface area contributed by atoms with Gasteiger partial charge in [0.15, 0.2) is 0 Å². The quantitative estimate of drug-likeness (QED) is 0.0582. The first-order chi connectivity index (χ1) is 29.4. The summed E-state index contributed by atoms with van der Waals surface area (Å²) >= 11 is 12.8. The van der Waals surface area contributed by atoms with Crippen LogP contribution in [0.5, 0.6) is 0 Å². The van der Waals surface area contributed by atoms with Crippen molar-refractivity contribution in [3.63, 3.8) is 0 Å². The number of sulfonamides is 2. The van der Waals surface area contributed by atoms with Crippen LogP contribution in [-0.4, -0.2) is 140 Å². The minimum absolute atomic E-state index is 0.0843. The summed E-state index contributed by atoms with van der Waals surface area (Å²) in [6, 6.07) is 18.0. The third-order valence-electron chi connectivity index (χ3n) is 9.18. The number of halogens is 2. The molecule has 0 unspecified atom stereocenters. The van der Waals surface area contributed by atoms with Crippen molar-refractivity contribution in [2.45, 2.75) is 35.1 Å². The number of likely N-dealkylation sites (N-methyl/N-ethyl adjacent to an activating group) is 1. The van der Waals surface area contributed by atoms with Crippen molar-refractivity contribution in [2.75, 3.05) is 106 Å². The molecule has 0 bridgehead atoms. The van der Waals surface area contributed by atoms with Gasteiger partial charge in [0, 0.05) is 68.3 Å². The number of urea groups is 2. The lowest BCUT2D eigenvalue weighted by molar-refractivity contribution is 0.0516. The molecule has 0 radical (unpaired) electrons. The summed E-state index contributed by atoms with van der Waals surface area (Å²) in [7, 11) is -5.34. The molecule has 0 saturated heterocycles. The zero-order valence-electron chi connectivity index (χ0n) is 34.3. The van der Waals surface area contributed by atoms with Crippen LogP contribution < -0.4 is 30.7 Å². The fraction of sp³-hybridized carbons (Fsp3) is 0.500. The first-order valence-electron chi connectivity index (χ1n) is 20.0. The van der Waals surface area contributed by atoms with Gasteiger partial charge in [0.1, 0.15) is 0 Å². The molecule has 338 valence electrons. The van der Waals surface area contributed by atoms with Gasteiger partial charge in [-0.2, -0.15) is 0 Å². The molecule has 61 heavy (non-hydrogen) atoms. The van der Waals surface area contributed by atoms with Crippen LogP contribution in [0.3, 0.4) is 0 Å². The standard InChI is InChI=1S/C40H57Cl2N7O10S2/c1-49-29-36(35-27-32(41)28-38(42)37(35)30-49)31-8-7-11-34(26-31)61(54,55)48-17-21-59-25-23-57-19-15-46-40(51)44-13-6-5-12-43-39(50)45-14-18-56-22-24-58-20-16-47-60(52,53)33-9-3-2-4-10-33/h2-4,7-11,26-28,36,47-48H,5-6,12-25,29-30H2,1H3,(H2,43,45,50)(H2,44,46,51)/t36-/m1/s1. The number of nitrogens with one attached hydrogen (secondary N) is 6. The van der Waals surface area contributed by atoms with Crippen LogP contribution in [-0.2, 0) is 45.5 Å². The molecule has 6 N–H and O–H groups in total. The van der Waals surface area contributed by atoms with Gasteiger partial charge in [0.2, 0.25) is 20.0 Å². The lowest BCUT2D eigenvalue weighted by Crippen LogP contribution is -2.39. The summed E-state index contributed by atoms with van der Waals surface area (Å²) in [5.41, 5.74) is 2.84. The Balaban J connectivity index is 0.918. The first kappa shape index (κ1) is 50.0. The monoisotopic (exact) mass is 929 g/mol. The van der Waals surface area contributed by atoms with Crippen LogP contribution in [0.25, 0.3) is 0 Å². The Morgan fingerprint density at radius 1 is 0.623 bits per heavy atom. The highest BCUT2D eigenvalue weighted by Gasteiger charge is 2.28. The summed E-state index contributed by atoms with van der Waals surface area (Å²) in [6.45, 7) is 5.13. The number of amides is 4. The van der Waals surface area contributed by atoms with Gasteiger partial charge < -0.3 is 45.1 Å². The van der Waals surface area contributed by atoms with Crippen molar-refractivity contribution < 1.29 is 45.4 Å². The first-order valence-corrected chi connectivity index (χ1v) is 23.7. The van der Waals surface area contributed by atoms with E-state index in [-0.39, 0.29) is 80.5 Å². The zero-order chi connectivity index (χ0) is 43.9. The smallest absolute Gasteiger partial charge is 0.314 e. The van der Waals surface area contributed by atoms with Crippen molar-refractivity contribution in [3.8, 4) is 0 Å². The maximum Gasteiger partial charge on any atom is 0.314 e. The van der Waals surface area contributed by atoms with Crippen molar-refractivity contribution >= 4 is 55.3 Å². The largest absolute Gasteiger partial charge is 0.378 e. The SMILES string of the molecule is CN1Cc2c(Cl)cc(Cl)cc2[C@@H](c2cccc(S(=O)(=O)NCCOCCOCCNC(=O)NCCCCNC(=O)NCCOCCOCCNS(=O)(=O)c3ccccc3)c2)C1. The predicted octanol–water partition coefficient (Wildman–Crippen LogP) is 3.27. The van der Waals surface area contributed by atoms with Crippen molar-refractivity contribution in [1.82, 2.24) is 35.6 Å². The van der Waals surface area contributed by atoms with Gasteiger partial charge in [-0.15, -0.1) is 0 Å². The second-order valence-electron chi connectivity index (χ2n) is 13.9. The maximum absolute atomic E-state index is 13.1. The van der Waals surface area contributed by atoms with Crippen LogP contribution in [0.2, 0.25) is 10.0 Å². The van der Waals surface area contributed by atoms with Gasteiger partial charge in [0.05, 0.1) is 62.6 Å². The van der Waals surface area contributed by atoms with E-state index in [4.69, 9.17) is 42.1 Å². The number of hydrogen-bond donors (Lipinski definition) is 6. The van der Waals surface area contributed by atoms with Crippen LogP contribution in [0.15, 0.2) is 76.5 Å².